The van der Waals surface area contributed by atoms with Crippen LogP contribution >= 0.6 is 15.9 Å². The highest BCUT2D eigenvalue weighted by atomic mass is 79.9. The average molecular weight is 445 g/mol. The molecule has 1 saturated heterocycles. The molecule has 150 valence electrons. The summed E-state index contributed by atoms with van der Waals surface area (Å²) in [5.74, 6) is -3.59. The molecule has 1 amide bonds. The van der Waals surface area contributed by atoms with Crippen LogP contribution in [0.15, 0.2) is 22.7 Å². The molecule has 8 nitrogen and oxygen atoms in total. The van der Waals surface area contributed by atoms with Crippen LogP contribution in [0, 0.1) is 6.92 Å². The maximum Gasteiger partial charge on any atom is 0.414 e. The van der Waals surface area contributed by atoms with Crippen molar-refractivity contribution in [2.45, 2.75) is 39.4 Å². The number of hydrogen-bond donors (Lipinski definition) is 3. The summed E-state index contributed by atoms with van der Waals surface area (Å²) >= 11 is 3.46. The van der Waals surface area contributed by atoms with Gasteiger partial charge in [0.05, 0.1) is 12.2 Å². The predicted octanol–water partition coefficient (Wildman–Crippen LogP) is 2.35. The number of amides is 1. The highest BCUT2D eigenvalue weighted by molar-refractivity contribution is 9.10. The second kappa shape index (κ2) is 11.0. The van der Waals surface area contributed by atoms with Gasteiger partial charge in [0.2, 0.25) is 5.91 Å². The van der Waals surface area contributed by atoms with Crippen molar-refractivity contribution in [1.82, 2.24) is 4.90 Å². The molecule has 1 aromatic carbocycles. The van der Waals surface area contributed by atoms with E-state index in [-0.39, 0.29) is 18.1 Å². The van der Waals surface area contributed by atoms with Crippen LogP contribution in [0.25, 0.3) is 0 Å². The zero-order chi connectivity index (χ0) is 20.6. The van der Waals surface area contributed by atoms with Gasteiger partial charge in [-0.15, -0.1) is 0 Å². The van der Waals surface area contributed by atoms with E-state index in [0.29, 0.717) is 6.42 Å². The number of anilines is 1. The van der Waals surface area contributed by atoms with Gasteiger partial charge in [-0.3, -0.25) is 9.69 Å². The third-order valence-electron chi connectivity index (χ3n) is 3.77. The fraction of sp³-hybridized carbons (Fsp3) is 0.500. The van der Waals surface area contributed by atoms with Crippen LogP contribution in [0.4, 0.5) is 5.69 Å². The quantitative estimate of drug-likeness (QED) is 0.610. The van der Waals surface area contributed by atoms with Crippen molar-refractivity contribution in [2.75, 3.05) is 25.0 Å². The summed E-state index contributed by atoms with van der Waals surface area (Å²) < 4.78 is 6.75. The fourth-order valence-electron chi connectivity index (χ4n) is 2.67. The van der Waals surface area contributed by atoms with Crippen LogP contribution in [0.3, 0.4) is 0 Å². The molecule has 0 aliphatic carbocycles. The number of carbonyl (C=O) groups is 3. The molecule has 1 aliphatic rings. The molecule has 0 aromatic heterocycles. The maximum atomic E-state index is 12.0. The topological polar surface area (TPSA) is 116 Å². The molecule has 0 spiro atoms. The van der Waals surface area contributed by atoms with E-state index in [0.717, 1.165) is 35.4 Å². The Labute approximate surface area is 166 Å². The van der Waals surface area contributed by atoms with E-state index >= 15 is 0 Å². The number of hydrogen-bond acceptors (Lipinski definition) is 5. The third kappa shape index (κ3) is 8.98. The summed E-state index contributed by atoms with van der Waals surface area (Å²) in [5.41, 5.74) is 1.97. The predicted molar refractivity (Wildman–Crippen MR) is 104 cm³/mol. The van der Waals surface area contributed by atoms with Gasteiger partial charge in [0, 0.05) is 36.2 Å². The van der Waals surface area contributed by atoms with E-state index in [9.17, 15) is 4.79 Å². The summed E-state index contributed by atoms with van der Waals surface area (Å²) in [6.45, 7) is 8.74. The molecule has 9 heteroatoms. The van der Waals surface area contributed by atoms with Gasteiger partial charge >= 0.3 is 11.9 Å². The monoisotopic (exact) mass is 444 g/mol. The van der Waals surface area contributed by atoms with Crippen molar-refractivity contribution >= 4 is 39.5 Å². The number of nitrogens with one attached hydrogen (secondary N) is 1. The Morgan fingerprint density at radius 1 is 1.19 bits per heavy atom. The first-order valence-electron chi connectivity index (χ1n) is 8.48. The molecule has 0 saturated carbocycles. The van der Waals surface area contributed by atoms with Crippen LogP contribution in [-0.2, 0) is 19.1 Å². The van der Waals surface area contributed by atoms with Gasteiger partial charge in [-0.2, -0.15) is 0 Å². The van der Waals surface area contributed by atoms with Crippen LogP contribution in [0.1, 0.15) is 25.8 Å². The maximum absolute atomic E-state index is 12.0. The number of nitrogens with zero attached hydrogens (tertiary/aromatic N) is 1. The van der Waals surface area contributed by atoms with Gasteiger partial charge in [0.15, 0.2) is 0 Å². The number of benzene rings is 1. The molecular formula is C18H25BrN2O6. The molecule has 1 aliphatic heterocycles. The smallest absolute Gasteiger partial charge is 0.414 e. The second-order valence-electron chi connectivity index (χ2n) is 6.39. The van der Waals surface area contributed by atoms with E-state index < -0.39 is 11.9 Å². The molecule has 2 rings (SSSR count). The summed E-state index contributed by atoms with van der Waals surface area (Å²) in [6, 6.07) is 5.84. The van der Waals surface area contributed by atoms with Crippen LogP contribution in [0.2, 0.25) is 0 Å². The number of aryl methyl sites for hydroxylation is 1. The fourth-order valence-corrected chi connectivity index (χ4v) is 2.92. The number of morpholine rings is 1. The van der Waals surface area contributed by atoms with Gasteiger partial charge in [-0.05, 0) is 44.5 Å². The lowest BCUT2D eigenvalue weighted by Crippen LogP contribution is -2.46. The van der Waals surface area contributed by atoms with Crippen molar-refractivity contribution < 1.29 is 29.3 Å². The summed E-state index contributed by atoms with van der Waals surface area (Å²) in [6.07, 6.45) is 0.992. The van der Waals surface area contributed by atoms with Crippen LogP contribution in [0.5, 0.6) is 0 Å². The minimum atomic E-state index is -1.82. The molecule has 2 atom stereocenters. The Morgan fingerprint density at radius 2 is 1.74 bits per heavy atom. The molecule has 3 N–H and O–H groups in total. The summed E-state index contributed by atoms with van der Waals surface area (Å²) in [5, 5.41) is 17.7. The normalized spacial score (nSPS) is 19.6. The summed E-state index contributed by atoms with van der Waals surface area (Å²) in [7, 11) is 0. The molecule has 1 aromatic rings. The van der Waals surface area contributed by atoms with Gasteiger partial charge < -0.3 is 20.3 Å². The first-order chi connectivity index (χ1) is 12.6. The van der Waals surface area contributed by atoms with Gasteiger partial charge in [0.1, 0.15) is 0 Å². The molecule has 2 unspecified atom stereocenters. The number of carboxylic acids is 2. The first-order valence-corrected chi connectivity index (χ1v) is 9.27. The SMILES string of the molecule is Cc1cc(NC(=O)CCN2CC(C)OC(C)C2)ccc1Br.O=C(O)C(=O)O. The Kier molecular flexibility index (Phi) is 9.40. The Hall–Kier alpha value is -1.97. The van der Waals surface area contributed by atoms with E-state index in [2.05, 4.69) is 40.0 Å². The van der Waals surface area contributed by atoms with E-state index in [1.165, 1.54) is 0 Å². The van der Waals surface area contributed by atoms with Gasteiger partial charge in [-0.25, -0.2) is 9.59 Å². The van der Waals surface area contributed by atoms with Gasteiger partial charge in [-0.1, -0.05) is 15.9 Å². The number of halogens is 1. The van der Waals surface area contributed by atoms with Gasteiger partial charge in [0.25, 0.3) is 0 Å². The Balaban J connectivity index is 0.000000527. The third-order valence-corrected chi connectivity index (χ3v) is 4.66. The number of aliphatic carboxylic acids is 2. The molecule has 0 bridgehead atoms. The number of ether oxygens (including phenoxy) is 1. The minimum absolute atomic E-state index is 0.0588. The van der Waals surface area contributed by atoms with Crippen LogP contribution in [-0.4, -0.2) is 64.8 Å². The highest BCUT2D eigenvalue weighted by Gasteiger charge is 2.22. The lowest BCUT2D eigenvalue weighted by Gasteiger charge is -2.35. The number of carboxylic acid groups (broad SMARTS) is 2. The van der Waals surface area contributed by atoms with Crippen molar-refractivity contribution in [3.8, 4) is 0 Å². The zero-order valence-electron chi connectivity index (χ0n) is 15.6. The van der Waals surface area contributed by atoms with Crippen molar-refractivity contribution in [2.24, 2.45) is 0 Å². The Morgan fingerprint density at radius 3 is 2.22 bits per heavy atom. The van der Waals surface area contributed by atoms with E-state index in [1.54, 1.807) is 0 Å². The van der Waals surface area contributed by atoms with Crippen LogP contribution < -0.4 is 5.32 Å². The van der Waals surface area contributed by atoms with E-state index in [4.69, 9.17) is 24.5 Å². The zero-order valence-corrected chi connectivity index (χ0v) is 17.2. The summed E-state index contributed by atoms with van der Waals surface area (Å²) in [4.78, 5) is 32.5. The van der Waals surface area contributed by atoms with Crippen molar-refractivity contribution in [1.29, 1.82) is 0 Å². The second-order valence-corrected chi connectivity index (χ2v) is 7.24. The molecule has 1 fully saturated rings. The molecule has 27 heavy (non-hydrogen) atoms. The van der Waals surface area contributed by atoms with Crippen molar-refractivity contribution in [3.63, 3.8) is 0 Å². The number of carbonyl (C=O) groups excluding carboxylic acids is 1. The highest BCUT2D eigenvalue weighted by Crippen LogP contribution is 2.20. The molecule has 0 radical (unpaired) electrons. The van der Waals surface area contributed by atoms with E-state index in [1.807, 2.05) is 25.1 Å². The standard InChI is InChI=1S/C16H23BrN2O2.C2H2O4/c1-11-8-14(4-5-15(11)17)18-16(20)6-7-19-9-12(2)21-13(3)10-19;3-1(4)2(5)6/h4-5,8,12-13H,6-7,9-10H2,1-3H3,(H,18,20);(H,3,4)(H,5,6). The lowest BCUT2D eigenvalue weighted by atomic mass is 10.2. The molecular weight excluding hydrogens is 420 g/mol. The minimum Gasteiger partial charge on any atom is -0.473 e. The average Bonchev–Trinajstić information content (AvgIpc) is 2.56. The number of rotatable bonds is 4. The Bertz CT molecular complexity index is 660. The first kappa shape index (κ1) is 23.1. The molecule has 1 heterocycles. The largest absolute Gasteiger partial charge is 0.473 e. The lowest BCUT2D eigenvalue weighted by molar-refractivity contribution is -0.159. The van der Waals surface area contributed by atoms with Crippen molar-refractivity contribution in [3.05, 3.63) is 28.2 Å².